The predicted molar refractivity (Wildman–Crippen MR) is 95.3 cm³/mol. The van der Waals surface area contributed by atoms with E-state index in [2.05, 4.69) is 5.32 Å². The highest BCUT2D eigenvalue weighted by atomic mass is 32.1. The fraction of sp³-hybridized carbons (Fsp3) is 0.222. The molecule has 0 unspecified atom stereocenters. The molecule has 2 aliphatic rings. The topological polar surface area (TPSA) is 110 Å². The molecule has 7 nitrogen and oxygen atoms in total. The molecule has 4 amide bonds. The number of imide groups is 1. The van der Waals surface area contributed by atoms with Crippen LogP contribution in [0.25, 0.3) is 0 Å². The number of anilines is 1. The van der Waals surface area contributed by atoms with Gasteiger partial charge in [-0.3, -0.25) is 24.1 Å². The molecule has 0 radical (unpaired) electrons. The predicted octanol–water partition coefficient (Wildman–Crippen LogP) is 1.57. The molecule has 8 heteroatoms. The molecule has 0 saturated carbocycles. The van der Waals surface area contributed by atoms with Gasteiger partial charge in [-0.25, -0.2) is 0 Å². The fourth-order valence-corrected chi connectivity index (χ4v) is 4.76. The van der Waals surface area contributed by atoms with E-state index in [1.54, 1.807) is 24.3 Å². The van der Waals surface area contributed by atoms with E-state index in [-0.39, 0.29) is 0 Å². The van der Waals surface area contributed by atoms with Crippen LogP contribution in [0.1, 0.15) is 47.9 Å². The normalized spacial score (nSPS) is 15.2. The second-order valence-electron chi connectivity index (χ2n) is 6.22. The summed E-state index contributed by atoms with van der Waals surface area (Å²) in [6.45, 7) is -0.410. The summed E-state index contributed by atoms with van der Waals surface area (Å²) in [5.74, 6) is -2.11. The number of amides is 4. The molecular weight excluding hydrogens is 354 g/mol. The van der Waals surface area contributed by atoms with E-state index in [0.717, 1.165) is 34.6 Å². The molecule has 0 spiro atoms. The number of hydrogen-bond donors (Lipinski definition) is 2. The number of benzene rings is 1. The number of aryl methyl sites for hydroxylation is 1. The first-order valence-electron chi connectivity index (χ1n) is 8.16. The van der Waals surface area contributed by atoms with Crippen LogP contribution in [0.2, 0.25) is 0 Å². The van der Waals surface area contributed by atoms with Gasteiger partial charge in [-0.15, -0.1) is 11.3 Å². The van der Waals surface area contributed by atoms with Crippen molar-refractivity contribution in [3.8, 4) is 0 Å². The van der Waals surface area contributed by atoms with E-state index in [0.29, 0.717) is 21.7 Å². The SMILES string of the molecule is NC(=O)c1c(NC(=O)CN2C(=O)c3ccccc3C2=O)sc2c1CCC2. The Balaban J connectivity index is 1.54. The molecule has 2 heterocycles. The fourth-order valence-electron chi connectivity index (χ4n) is 3.45. The maximum Gasteiger partial charge on any atom is 0.262 e. The zero-order chi connectivity index (χ0) is 18.4. The van der Waals surface area contributed by atoms with Gasteiger partial charge in [-0.1, -0.05) is 12.1 Å². The van der Waals surface area contributed by atoms with Crippen molar-refractivity contribution in [2.75, 3.05) is 11.9 Å². The lowest BCUT2D eigenvalue weighted by atomic mass is 10.1. The van der Waals surface area contributed by atoms with Crippen molar-refractivity contribution in [3.63, 3.8) is 0 Å². The van der Waals surface area contributed by atoms with Gasteiger partial charge in [0.15, 0.2) is 0 Å². The van der Waals surface area contributed by atoms with Crippen LogP contribution in [0.15, 0.2) is 24.3 Å². The minimum Gasteiger partial charge on any atom is -0.365 e. The molecule has 4 rings (SSSR count). The van der Waals surface area contributed by atoms with Gasteiger partial charge >= 0.3 is 0 Å². The molecule has 0 atom stereocenters. The Kier molecular flexibility index (Phi) is 3.84. The van der Waals surface area contributed by atoms with Crippen LogP contribution in [-0.2, 0) is 17.6 Å². The summed E-state index contributed by atoms with van der Waals surface area (Å²) < 4.78 is 0. The smallest absolute Gasteiger partial charge is 0.262 e. The van der Waals surface area contributed by atoms with Gasteiger partial charge in [-0.2, -0.15) is 0 Å². The van der Waals surface area contributed by atoms with Crippen LogP contribution in [0.5, 0.6) is 0 Å². The van der Waals surface area contributed by atoms with Gasteiger partial charge in [0, 0.05) is 4.88 Å². The molecule has 0 fully saturated rings. The monoisotopic (exact) mass is 369 g/mol. The number of rotatable bonds is 4. The molecule has 3 N–H and O–H groups in total. The van der Waals surface area contributed by atoms with E-state index >= 15 is 0 Å². The van der Waals surface area contributed by atoms with Gasteiger partial charge < -0.3 is 11.1 Å². The lowest BCUT2D eigenvalue weighted by Gasteiger charge is -2.13. The first-order valence-corrected chi connectivity index (χ1v) is 8.98. The molecule has 1 aliphatic heterocycles. The highest BCUT2D eigenvalue weighted by Crippen LogP contribution is 2.38. The molecule has 2 aromatic rings. The van der Waals surface area contributed by atoms with Crippen LogP contribution in [0.4, 0.5) is 5.00 Å². The molecule has 1 aromatic heterocycles. The quantitative estimate of drug-likeness (QED) is 0.797. The maximum atomic E-state index is 12.4. The Labute approximate surface area is 152 Å². The number of primary amides is 1. The van der Waals surface area contributed by atoms with Crippen molar-refractivity contribution in [2.45, 2.75) is 19.3 Å². The number of thiophene rings is 1. The third-order valence-electron chi connectivity index (χ3n) is 4.60. The Bertz CT molecular complexity index is 944. The number of carbonyl (C=O) groups is 4. The summed E-state index contributed by atoms with van der Waals surface area (Å²) in [6, 6.07) is 6.45. The number of fused-ring (bicyclic) bond motifs is 2. The highest BCUT2D eigenvalue weighted by molar-refractivity contribution is 7.17. The molecule has 26 heavy (non-hydrogen) atoms. The first-order chi connectivity index (χ1) is 12.5. The Hall–Kier alpha value is -3.00. The van der Waals surface area contributed by atoms with Crippen LogP contribution < -0.4 is 11.1 Å². The third-order valence-corrected chi connectivity index (χ3v) is 5.81. The van der Waals surface area contributed by atoms with Crippen LogP contribution >= 0.6 is 11.3 Å². The van der Waals surface area contributed by atoms with Crippen molar-refractivity contribution >= 4 is 40.0 Å². The summed E-state index contributed by atoms with van der Waals surface area (Å²) in [6.07, 6.45) is 2.58. The summed E-state index contributed by atoms with van der Waals surface area (Å²) in [7, 11) is 0. The number of nitrogens with zero attached hydrogens (tertiary/aromatic N) is 1. The number of nitrogens with one attached hydrogen (secondary N) is 1. The molecule has 0 bridgehead atoms. The summed E-state index contributed by atoms with van der Waals surface area (Å²) >= 11 is 1.33. The molecule has 0 saturated heterocycles. The van der Waals surface area contributed by atoms with Gasteiger partial charge in [0.05, 0.1) is 16.7 Å². The van der Waals surface area contributed by atoms with Gasteiger partial charge in [0.2, 0.25) is 5.91 Å². The van der Waals surface area contributed by atoms with Crippen molar-refractivity contribution in [1.29, 1.82) is 0 Å². The van der Waals surface area contributed by atoms with Gasteiger partial charge in [-0.05, 0) is 37.0 Å². The van der Waals surface area contributed by atoms with Gasteiger partial charge in [0.25, 0.3) is 17.7 Å². The molecular formula is C18H15N3O4S. The summed E-state index contributed by atoms with van der Waals surface area (Å²) in [5.41, 5.74) is 7.30. The average Bonchev–Trinajstić information content (AvgIpc) is 3.24. The molecule has 1 aliphatic carbocycles. The minimum absolute atomic E-state index is 0.290. The largest absolute Gasteiger partial charge is 0.365 e. The van der Waals surface area contributed by atoms with Crippen LogP contribution in [0, 0.1) is 0 Å². The summed E-state index contributed by atoms with van der Waals surface area (Å²) in [5, 5.41) is 3.04. The Morgan fingerprint density at radius 2 is 1.77 bits per heavy atom. The van der Waals surface area contributed by atoms with Crippen molar-refractivity contribution in [1.82, 2.24) is 4.90 Å². The second-order valence-corrected chi connectivity index (χ2v) is 7.32. The lowest BCUT2D eigenvalue weighted by molar-refractivity contribution is -0.116. The van der Waals surface area contributed by atoms with E-state index in [9.17, 15) is 19.2 Å². The molecule has 1 aromatic carbocycles. The van der Waals surface area contributed by atoms with Crippen LogP contribution in [0.3, 0.4) is 0 Å². The second kappa shape index (κ2) is 6.06. The lowest BCUT2D eigenvalue weighted by Crippen LogP contribution is -2.37. The zero-order valence-electron chi connectivity index (χ0n) is 13.7. The number of carbonyl (C=O) groups excluding carboxylic acids is 4. The molecule has 132 valence electrons. The number of nitrogens with two attached hydrogens (primary N) is 1. The van der Waals surface area contributed by atoms with E-state index < -0.39 is 30.2 Å². The third kappa shape index (κ3) is 2.50. The van der Waals surface area contributed by atoms with E-state index in [1.165, 1.54) is 11.3 Å². The highest BCUT2D eigenvalue weighted by Gasteiger charge is 2.36. The summed E-state index contributed by atoms with van der Waals surface area (Å²) in [4.78, 5) is 50.8. The Morgan fingerprint density at radius 3 is 2.38 bits per heavy atom. The van der Waals surface area contributed by atoms with Crippen molar-refractivity contribution in [2.24, 2.45) is 5.73 Å². The zero-order valence-corrected chi connectivity index (χ0v) is 14.5. The minimum atomic E-state index is -0.583. The van der Waals surface area contributed by atoms with Crippen LogP contribution in [-0.4, -0.2) is 35.1 Å². The van der Waals surface area contributed by atoms with Crippen molar-refractivity contribution < 1.29 is 19.2 Å². The maximum absolute atomic E-state index is 12.4. The van der Waals surface area contributed by atoms with E-state index in [4.69, 9.17) is 5.73 Å². The Morgan fingerprint density at radius 1 is 1.12 bits per heavy atom. The number of hydrogen-bond acceptors (Lipinski definition) is 5. The van der Waals surface area contributed by atoms with E-state index in [1.807, 2.05) is 0 Å². The van der Waals surface area contributed by atoms with Crippen molar-refractivity contribution in [3.05, 3.63) is 51.4 Å². The standard InChI is InChI=1S/C18H15N3O4S/c19-15(23)14-11-6-3-7-12(11)26-16(14)20-13(22)8-21-17(24)9-4-1-2-5-10(9)18(21)25/h1-2,4-5H,3,6-8H2,(H2,19,23)(H,20,22). The van der Waals surface area contributed by atoms with Gasteiger partial charge in [0.1, 0.15) is 11.5 Å². The average molecular weight is 369 g/mol. The first kappa shape index (κ1) is 16.5.